The SMILES string of the molecule is C#C[C@@]1(O)[C@@H](COC(Cc2cc(C)on2)C(=O)O)O[C@@H](n2cnc3c(CC(C)C)nc(Cl)nc32)[C@@H]1O.O=C=O. The molecule has 15 heteroatoms. The van der Waals surface area contributed by atoms with Gasteiger partial charge in [-0.3, -0.25) is 4.57 Å². The van der Waals surface area contributed by atoms with Gasteiger partial charge in [0.05, 0.1) is 24.3 Å². The maximum Gasteiger partial charge on any atom is 0.373 e. The molecule has 39 heavy (non-hydrogen) atoms. The molecular formula is C24H26ClN5O9. The Kier molecular flexibility index (Phi) is 9.52. The molecule has 1 aliphatic heterocycles. The summed E-state index contributed by atoms with van der Waals surface area (Å²) in [5.74, 6) is 1.71. The molecule has 4 heterocycles. The summed E-state index contributed by atoms with van der Waals surface area (Å²) >= 11 is 6.14. The van der Waals surface area contributed by atoms with Gasteiger partial charge in [-0.05, 0) is 30.9 Å². The van der Waals surface area contributed by atoms with Crippen LogP contribution in [0, 0.1) is 25.2 Å². The van der Waals surface area contributed by atoms with Crippen molar-refractivity contribution in [3.8, 4) is 12.3 Å². The van der Waals surface area contributed by atoms with Crippen LogP contribution in [0.15, 0.2) is 16.9 Å². The van der Waals surface area contributed by atoms with Gasteiger partial charge in [0.15, 0.2) is 23.6 Å². The third-order valence-corrected chi connectivity index (χ3v) is 6.05. The van der Waals surface area contributed by atoms with E-state index in [0.29, 0.717) is 34.7 Å². The number of hydrogen-bond donors (Lipinski definition) is 3. The van der Waals surface area contributed by atoms with Crippen molar-refractivity contribution in [2.45, 2.75) is 63.8 Å². The minimum atomic E-state index is -2.19. The lowest BCUT2D eigenvalue weighted by Crippen LogP contribution is -2.48. The number of carboxylic acids is 1. The predicted octanol–water partition coefficient (Wildman–Crippen LogP) is 0.726. The number of carbonyl (C=O) groups excluding carboxylic acids is 2. The number of terminal acetylenes is 1. The molecule has 0 saturated carbocycles. The Morgan fingerprint density at radius 3 is 2.59 bits per heavy atom. The molecule has 208 valence electrons. The van der Waals surface area contributed by atoms with Crippen LogP contribution in [0.5, 0.6) is 0 Å². The summed E-state index contributed by atoms with van der Waals surface area (Å²) in [6, 6.07) is 1.59. The highest BCUT2D eigenvalue weighted by Crippen LogP contribution is 2.39. The van der Waals surface area contributed by atoms with Gasteiger partial charge in [0.2, 0.25) is 5.28 Å². The maximum atomic E-state index is 11.7. The number of aromatic nitrogens is 5. The van der Waals surface area contributed by atoms with E-state index in [9.17, 15) is 20.1 Å². The second kappa shape index (κ2) is 12.4. The minimum absolute atomic E-state index is 0.00752. The quantitative estimate of drug-likeness (QED) is 0.243. The highest BCUT2D eigenvalue weighted by atomic mass is 35.5. The highest BCUT2D eigenvalue weighted by molar-refractivity contribution is 6.28. The molecule has 4 rings (SSSR count). The van der Waals surface area contributed by atoms with Gasteiger partial charge in [0.25, 0.3) is 0 Å². The van der Waals surface area contributed by atoms with E-state index < -0.39 is 42.7 Å². The summed E-state index contributed by atoms with van der Waals surface area (Å²) in [5.41, 5.74) is -0.407. The van der Waals surface area contributed by atoms with Crippen molar-refractivity contribution in [2.75, 3.05) is 6.61 Å². The third-order valence-electron chi connectivity index (χ3n) is 5.88. The number of imidazole rings is 1. The first-order valence-electron chi connectivity index (χ1n) is 11.6. The number of ether oxygens (including phenoxy) is 2. The lowest BCUT2D eigenvalue weighted by Gasteiger charge is -2.26. The molecule has 1 unspecified atom stereocenters. The molecule has 14 nitrogen and oxygen atoms in total. The summed E-state index contributed by atoms with van der Waals surface area (Å²) in [5, 5.41) is 35.4. The zero-order valence-electron chi connectivity index (χ0n) is 21.1. The van der Waals surface area contributed by atoms with Crippen molar-refractivity contribution in [3.05, 3.63) is 34.8 Å². The molecule has 0 spiro atoms. The number of aryl methyl sites for hydroxylation is 1. The fourth-order valence-corrected chi connectivity index (χ4v) is 4.28. The number of aliphatic hydroxyl groups is 2. The zero-order valence-corrected chi connectivity index (χ0v) is 21.9. The molecule has 3 aromatic heterocycles. The van der Waals surface area contributed by atoms with Gasteiger partial charge in [-0.25, -0.2) is 14.8 Å². The van der Waals surface area contributed by atoms with Crippen LogP contribution in [0.3, 0.4) is 0 Å². The third kappa shape index (κ3) is 6.48. The number of hydrogen-bond acceptors (Lipinski definition) is 12. The Balaban J connectivity index is 0.00000134. The van der Waals surface area contributed by atoms with E-state index in [-0.39, 0.29) is 23.8 Å². The van der Waals surface area contributed by atoms with Crippen molar-refractivity contribution in [3.63, 3.8) is 0 Å². The maximum absolute atomic E-state index is 11.7. The van der Waals surface area contributed by atoms with Gasteiger partial charge < -0.3 is 29.3 Å². The number of aliphatic carboxylic acids is 1. The fraction of sp³-hybridized carbons (Fsp3) is 0.500. The van der Waals surface area contributed by atoms with Crippen LogP contribution < -0.4 is 0 Å². The Labute approximate surface area is 226 Å². The summed E-state index contributed by atoms with van der Waals surface area (Å²) in [4.78, 5) is 40.9. The standard InChI is InChI=1S/C23H26ClN5O7.CO2/c1-5-23(33)16(9-34-15(21(31)32)8-13-7-12(4)36-28-13)35-20(18(23)30)29-10-25-17-14(6-11(2)3)26-22(24)27-19(17)29;2-1-3/h1,7,10-11,15-16,18,20,30,33H,6,8-9H2,2-4H3,(H,31,32);/t15?,16-,18+,20-,23-;/m1./s1. The largest absolute Gasteiger partial charge is 0.479 e. The van der Waals surface area contributed by atoms with E-state index in [2.05, 4.69) is 26.0 Å². The van der Waals surface area contributed by atoms with Gasteiger partial charge in [-0.15, -0.1) is 6.42 Å². The molecule has 1 aliphatic rings. The average molecular weight is 564 g/mol. The zero-order chi connectivity index (χ0) is 28.9. The molecule has 0 aliphatic carbocycles. The van der Waals surface area contributed by atoms with E-state index >= 15 is 0 Å². The Hall–Kier alpha value is -3.70. The summed E-state index contributed by atoms with van der Waals surface area (Å²) in [6.07, 6.45) is 2.30. The minimum Gasteiger partial charge on any atom is -0.479 e. The number of carboxylic acid groups (broad SMARTS) is 1. The van der Waals surface area contributed by atoms with Crippen LogP contribution in [0.4, 0.5) is 0 Å². The summed E-state index contributed by atoms with van der Waals surface area (Å²) in [7, 11) is 0. The second-order valence-corrected chi connectivity index (χ2v) is 9.51. The monoisotopic (exact) mass is 563 g/mol. The van der Waals surface area contributed by atoms with Crippen LogP contribution in [0.2, 0.25) is 5.28 Å². The topological polar surface area (TPSA) is 200 Å². The van der Waals surface area contributed by atoms with Gasteiger partial charge in [-0.1, -0.05) is 24.9 Å². The van der Waals surface area contributed by atoms with Gasteiger partial charge >= 0.3 is 12.1 Å². The van der Waals surface area contributed by atoms with Gasteiger partial charge in [0.1, 0.15) is 23.5 Å². The number of aliphatic hydroxyl groups excluding tert-OH is 1. The van der Waals surface area contributed by atoms with Crippen molar-refractivity contribution in [1.82, 2.24) is 24.7 Å². The van der Waals surface area contributed by atoms with E-state index in [0.717, 1.165) is 0 Å². The van der Waals surface area contributed by atoms with E-state index in [1.165, 1.54) is 10.9 Å². The molecule has 3 aromatic rings. The molecular weight excluding hydrogens is 538 g/mol. The first-order chi connectivity index (χ1) is 18.4. The molecule has 1 fully saturated rings. The molecule has 0 aromatic carbocycles. The van der Waals surface area contributed by atoms with Crippen LogP contribution >= 0.6 is 11.6 Å². The van der Waals surface area contributed by atoms with E-state index in [1.807, 2.05) is 13.8 Å². The van der Waals surface area contributed by atoms with Crippen molar-refractivity contribution in [2.24, 2.45) is 5.92 Å². The number of carbonyl (C=O) groups is 1. The molecule has 0 bridgehead atoms. The number of rotatable bonds is 9. The van der Waals surface area contributed by atoms with Crippen LogP contribution in [0.1, 0.15) is 37.2 Å². The van der Waals surface area contributed by atoms with Gasteiger partial charge in [0, 0.05) is 12.5 Å². The van der Waals surface area contributed by atoms with E-state index in [4.69, 9.17) is 41.6 Å². The van der Waals surface area contributed by atoms with Crippen molar-refractivity contribution >= 4 is 34.9 Å². The Morgan fingerprint density at radius 1 is 1.33 bits per heavy atom. The van der Waals surface area contributed by atoms with Crippen LogP contribution in [-0.2, 0) is 36.7 Å². The lowest BCUT2D eigenvalue weighted by atomic mass is 9.93. The molecule has 1 saturated heterocycles. The van der Waals surface area contributed by atoms with Crippen LogP contribution in [0.25, 0.3) is 11.2 Å². The second-order valence-electron chi connectivity index (χ2n) is 9.17. The average Bonchev–Trinajstić information content (AvgIpc) is 3.54. The summed E-state index contributed by atoms with van der Waals surface area (Å²) < 4.78 is 17.8. The van der Waals surface area contributed by atoms with Crippen molar-refractivity contribution in [1.29, 1.82) is 0 Å². The fourth-order valence-electron chi connectivity index (χ4n) is 4.10. The normalized spacial score (nSPS) is 23.2. The van der Waals surface area contributed by atoms with Crippen molar-refractivity contribution < 1.29 is 43.7 Å². The Morgan fingerprint density at radius 2 is 2.03 bits per heavy atom. The first kappa shape index (κ1) is 29.9. The molecule has 3 N–H and O–H groups in total. The number of halogens is 1. The molecule has 5 atom stereocenters. The predicted molar refractivity (Wildman–Crippen MR) is 130 cm³/mol. The summed E-state index contributed by atoms with van der Waals surface area (Å²) in [6.45, 7) is 5.30. The smallest absolute Gasteiger partial charge is 0.373 e. The number of fused-ring (bicyclic) bond motifs is 1. The Bertz CT molecular complexity index is 1390. The first-order valence-corrected chi connectivity index (χ1v) is 12.0. The molecule has 0 amide bonds. The van der Waals surface area contributed by atoms with Gasteiger partial charge in [-0.2, -0.15) is 14.6 Å². The highest BCUT2D eigenvalue weighted by Gasteiger charge is 2.56. The lowest BCUT2D eigenvalue weighted by molar-refractivity contribution is -0.191. The van der Waals surface area contributed by atoms with E-state index in [1.54, 1.807) is 13.0 Å². The molecule has 0 radical (unpaired) electrons. The number of nitrogens with zero attached hydrogens (tertiary/aromatic N) is 5. The van der Waals surface area contributed by atoms with Crippen LogP contribution in [-0.4, -0.2) is 82.6 Å².